The van der Waals surface area contributed by atoms with Gasteiger partial charge in [0.05, 0.1) is 21.3 Å². The molecular formula is C23H18ClN3O4S. The maximum atomic E-state index is 12.7. The summed E-state index contributed by atoms with van der Waals surface area (Å²) in [7, 11) is -3.95. The van der Waals surface area contributed by atoms with Gasteiger partial charge in [0.1, 0.15) is 5.58 Å². The Morgan fingerprint density at radius 2 is 1.66 bits per heavy atom. The minimum atomic E-state index is -3.95. The second kappa shape index (κ2) is 8.78. The van der Waals surface area contributed by atoms with Crippen molar-refractivity contribution in [2.75, 3.05) is 4.72 Å². The van der Waals surface area contributed by atoms with E-state index < -0.39 is 15.9 Å². The Bertz CT molecular complexity index is 1400. The average molecular weight is 468 g/mol. The Labute approximate surface area is 189 Å². The van der Waals surface area contributed by atoms with Gasteiger partial charge in [-0.1, -0.05) is 54.6 Å². The number of fused-ring (bicyclic) bond motifs is 1. The highest BCUT2D eigenvalue weighted by molar-refractivity contribution is 7.92. The van der Waals surface area contributed by atoms with Crippen LogP contribution in [0.2, 0.25) is 5.02 Å². The summed E-state index contributed by atoms with van der Waals surface area (Å²) in [6.45, 7) is 3.86. The van der Waals surface area contributed by atoms with Crippen molar-refractivity contribution in [3.8, 4) is 0 Å². The van der Waals surface area contributed by atoms with E-state index in [0.717, 1.165) is 5.39 Å². The van der Waals surface area contributed by atoms with Gasteiger partial charge >= 0.3 is 0 Å². The van der Waals surface area contributed by atoms with E-state index in [2.05, 4.69) is 22.2 Å². The number of hydrogen-bond donors (Lipinski definition) is 3. The van der Waals surface area contributed by atoms with Gasteiger partial charge in [0.25, 0.3) is 15.9 Å². The summed E-state index contributed by atoms with van der Waals surface area (Å²) >= 11 is 6.03. The molecule has 0 saturated heterocycles. The SMILES string of the molecule is C=C(NNC(=O)c1cccc(S(=O)(=O)Nc2ccccc2Cl)c1)c1cc2ccccc2o1. The Kier molecular flexibility index (Phi) is 5.89. The van der Waals surface area contributed by atoms with Crippen molar-refractivity contribution in [3.05, 3.63) is 102 Å². The van der Waals surface area contributed by atoms with E-state index in [1.165, 1.54) is 24.3 Å². The largest absolute Gasteiger partial charge is 0.454 e. The third-order valence-corrected chi connectivity index (χ3v) is 6.27. The molecule has 0 atom stereocenters. The molecule has 32 heavy (non-hydrogen) atoms. The Morgan fingerprint density at radius 1 is 0.906 bits per heavy atom. The fourth-order valence-electron chi connectivity index (χ4n) is 2.95. The highest BCUT2D eigenvalue weighted by Crippen LogP contribution is 2.25. The van der Waals surface area contributed by atoms with Crippen LogP contribution >= 0.6 is 11.6 Å². The number of amides is 1. The van der Waals surface area contributed by atoms with Crippen LogP contribution in [0.25, 0.3) is 16.7 Å². The molecule has 4 aromatic rings. The van der Waals surface area contributed by atoms with Crippen molar-refractivity contribution in [2.24, 2.45) is 0 Å². The zero-order valence-electron chi connectivity index (χ0n) is 16.6. The Morgan fingerprint density at radius 3 is 2.44 bits per heavy atom. The highest BCUT2D eigenvalue weighted by atomic mass is 35.5. The predicted molar refractivity (Wildman–Crippen MR) is 125 cm³/mol. The van der Waals surface area contributed by atoms with E-state index in [4.69, 9.17) is 16.0 Å². The lowest BCUT2D eigenvalue weighted by atomic mass is 10.2. The molecule has 7 nitrogen and oxygen atoms in total. The average Bonchev–Trinajstić information content (AvgIpc) is 3.23. The van der Waals surface area contributed by atoms with Gasteiger partial charge in [-0.3, -0.25) is 20.4 Å². The van der Waals surface area contributed by atoms with Gasteiger partial charge in [-0.05, 0) is 42.5 Å². The van der Waals surface area contributed by atoms with Crippen molar-refractivity contribution in [1.82, 2.24) is 10.9 Å². The number of hydrazine groups is 1. The molecule has 4 rings (SSSR count). The molecule has 0 saturated carbocycles. The first-order chi connectivity index (χ1) is 15.3. The number of anilines is 1. The second-order valence-electron chi connectivity index (χ2n) is 6.82. The Balaban J connectivity index is 1.46. The van der Waals surface area contributed by atoms with Gasteiger partial charge in [0, 0.05) is 10.9 Å². The van der Waals surface area contributed by atoms with Crippen LogP contribution < -0.4 is 15.6 Å². The van der Waals surface area contributed by atoms with Crippen molar-refractivity contribution in [1.29, 1.82) is 0 Å². The molecule has 3 aromatic carbocycles. The van der Waals surface area contributed by atoms with Crippen molar-refractivity contribution in [2.45, 2.75) is 4.90 Å². The van der Waals surface area contributed by atoms with E-state index in [1.54, 1.807) is 30.3 Å². The number of benzene rings is 3. The van der Waals surface area contributed by atoms with Gasteiger partial charge in [-0.15, -0.1) is 0 Å². The minimum absolute atomic E-state index is 0.0822. The van der Waals surface area contributed by atoms with Crippen LogP contribution in [0, 0.1) is 0 Å². The van der Waals surface area contributed by atoms with Gasteiger partial charge in [-0.25, -0.2) is 8.42 Å². The molecule has 0 aliphatic carbocycles. The first-order valence-corrected chi connectivity index (χ1v) is 11.3. The van der Waals surface area contributed by atoms with Crippen molar-refractivity contribution in [3.63, 3.8) is 0 Å². The lowest BCUT2D eigenvalue weighted by Gasteiger charge is -2.12. The first kappa shape index (κ1) is 21.5. The first-order valence-electron chi connectivity index (χ1n) is 9.45. The number of sulfonamides is 1. The standard InChI is InChI=1S/C23H18ClN3O4S/c1-15(22-14-16-7-2-5-12-21(16)31-22)25-26-23(28)17-8-6-9-18(13-17)32(29,30)27-20-11-4-3-10-19(20)24/h2-14,25,27H,1H2,(H,26,28). The molecule has 9 heteroatoms. The van der Waals surface area contributed by atoms with Gasteiger partial charge in [0.2, 0.25) is 0 Å². The van der Waals surface area contributed by atoms with Crippen LogP contribution in [0.1, 0.15) is 16.1 Å². The summed E-state index contributed by atoms with van der Waals surface area (Å²) < 4.78 is 33.5. The summed E-state index contributed by atoms with van der Waals surface area (Å²) in [5, 5.41) is 1.17. The molecule has 0 bridgehead atoms. The third kappa shape index (κ3) is 4.61. The number of carbonyl (C=O) groups excluding carboxylic acids is 1. The highest BCUT2D eigenvalue weighted by Gasteiger charge is 2.18. The number of furan rings is 1. The maximum Gasteiger partial charge on any atom is 0.269 e. The molecule has 3 N–H and O–H groups in total. The zero-order chi connectivity index (χ0) is 22.7. The second-order valence-corrected chi connectivity index (χ2v) is 8.91. The number of rotatable bonds is 7. The number of hydrogen-bond acceptors (Lipinski definition) is 5. The fourth-order valence-corrected chi connectivity index (χ4v) is 4.31. The molecule has 0 aliphatic rings. The van der Waals surface area contributed by atoms with Gasteiger partial charge in [-0.2, -0.15) is 0 Å². The quantitative estimate of drug-likeness (QED) is 0.339. The van der Waals surface area contributed by atoms with Crippen LogP contribution in [-0.4, -0.2) is 14.3 Å². The number of nitrogens with one attached hydrogen (secondary N) is 3. The van der Waals surface area contributed by atoms with E-state index >= 15 is 0 Å². The van der Waals surface area contributed by atoms with E-state index in [0.29, 0.717) is 17.0 Å². The smallest absolute Gasteiger partial charge is 0.269 e. The van der Waals surface area contributed by atoms with Crippen LogP contribution in [0.15, 0.2) is 94.8 Å². The fraction of sp³-hybridized carbons (Fsp3) is 0. The molecule has 0 fully saturated rings. The number of carbonyl (C=O) groups is 1. The normalized spacial score (nSPS) is 11.2. The van der Waals surface area contributed by atoms with Crippen molar-refractivity contribution >= 4 is 49.9 Å². The van der Waals surface area contributed by atoms with E-state index in [9.17, 15) is 13.2 Å². The van der Waals surface area contributed by atoms with Crippen LogP contribution in [0.4, 0.5) is 5.69 Å². The summed E-state index contributed by atoms with van der Waals surface area (Å²) in [5.41, 5.74) is 6.61. The predicted octanol–water partition coefficient (Wildman–Crippen LogP) is 4.79. The summed E-state index contributed by atoms with van der Waals surface area (Å²) in [4.78, 5) is 12.5. The minimum Gasteiger partial charge on any atom is -0.454 e. The molecule has 0 radical (unpaired) electrons. The molecule has 1 heterocycles. The molecule has 0 spiro atoms. The molecule has 0 aliphatic heterocycles. The summed E-state index contributed by atoms with van der Waals surface area (Å²) in [5.74, 6) is -0.0798. The number of para-hydroxylation sites is 2. The lowest BCUT2D eigenvalue weighted by Crippen LogP contribution is -2.35. The maximum absolute atomic E-state index is 12.7. The molecule has 1 aromatic heterocycles. The zero-order valence-corrected chi connectivity index (χ0v) is 18.2. The topological polar surface area (TPSA) is 100 Å². The third-order valence-electron chi connectivity index (χ3n) is 4.57. The molecular weight excluding hydrogens is 450 g/mol. The van der Waals surface area contributed by atoms with Crippen LogP contribution in [-0.2, 0) is 10.0 Å². The summed E-state index contributed by atoms with van der Waals surface area (Å²) in [6, 6.07) is 21.4. The van der Waals surface area contributed by atoms with E-state index in [1.807, 2.05) is 24.3 Å². The summed E-state index contributed by atoms with van der Waals surface area (Å²) in [6.07, 6.45) is 0. The van der Waals surface area contributed by atoms with Crippen molar-refractivity contribution < 1.29 is 17.6 Å². The lowest BCUT2D eigenvalue weighted by molar-refractivity contribution is 0.0942. The van der Waals surface area contributed by atoms with Gasteiger partial charge < -0.3 is 4.42 Å². The van der Waals surface area contributed by atoms with Crippen LogP contribution in [0.3, 0.4) is 0 Å². The molecule has 162 valence electrons. The molecule has 0 unspecified atom stereocenters. The van der Waals surface area contributed by atoms with E-state index in [-0.39, 0.29) is 21.2 Å². The molecule has 1 amide bonds. The monoisotopic (exact) mass is 467 g/mol. The van der Waals surface area contributed by atoms with Gasteiger partial charge in [0.15, 0.2) is 5.76 Å². The Hall–Kier alpha value is -3.75. The number of halogens is 1. The van der Waals surface area contributed by atoms with Crippen LogP contribution in [0.5, 0.6) is 0 Å².